The van der Waals surface area contributed by atoms with Crippen LogP contribution in [0.1, 0.15) is 5.56 Å². The Morgan fingerprint density at radius 3 is 2.62 bits per heavy atom. The van der Waals surface area contributed by atoms with Crippen molar-refractivity contribution in [3.8, 4) is 0 Å². The first-order valence-electron chi connectivity index (χ1n) is 5.00. The highest BCUT2D eigenvalue weighted by atomic mass is 35.5. The van der Waals surface area contributed by atoms with Crippen molar-refractivity contribution >= 4 is 11.6 Å². The Balaban J connectivity index is 0.00000128. The molecule has 0 atom stereocenters. The molecule has 0 unspecified atom stereocenters. The molecule has 1 aliphatic rings. The van der Waals surface area contributed by atoms with Crippen LogP contribution in [0.3, 0.4) is 0 Å². The third-order valence-corrected chi connectivity index (χ3v) is 2.86. The van der Waals surface area contributed by atoms with Gasteiger partial charge < -0.3 is 17.1 Å². The van der Waals surface area contributed by atoms with E-state index in [0.717, 1.165) is 38.4 Å². The predicted octanol–water partition coefficient (Wildman–Crippen LogP) is -0.685. The van der Waals surface area contributed by atoms with E-state index in [-0.39, 0.29) is 18.2 Å². The Kier molecular flexibility index (Phi) is 5.49. The van der Waals surface area contributed by atoms with Crippen molar-refractivity contribution < 1.29 is 21.5 Å². The van der Waals surface area contributed by atoms with Crippen LogP contribution in [0.4, 0.5) is 4.39 Å². The molecule has 0 bridgehead atoms. The average Bonchev–Trinajstić information content (AvgIpc) is 2.24. The molecule has 1 heterocycles. The molecular formula is C11H13Cl2FNO-. The van der Waals surface area contributed by atoms with E-state index in [1.165, 1.54) is 12.1 Å². The Morgan fingerprint density at radius 1 is 1.31 bits per heavy atom. The maximum absolute atomic E-state index is 12.8. The van der Waals surface area contributed by atoms with Gasteiger partial charge in [-0.25, -0.2) is 4.39 Å². The van der Waals surface area contributed by atoms with Gasteiger partial charge in [-0.05, 0) is 17.7 Å². The van der Waals surface area contributed by atoms with Crippen molar-refractivity contribution in [1.29, 1.82) is 0 Å². The number of rotatable bonds is 2. The molecule has 0 amide bonds. The van der Waals surface area contributed by atoms with Crippen LogP contribution in [0.5, 0.6) is 0 Å². The molecule has 1 aromatic rings. The van der Waals surface area contributed by atoms with Crippen LogP contribution in [0.25, 0.3) is 0 Å². The third-order valence-electron chi connectivity index (χ3n) is 2.51. The monoisotopic (exact) mass is 264 g/mol. The first kappa shape index (κ1) is 13.7. The van der Waals surface area contributed by atoms with Crippen LogP contribution >= 0.6 is 11.6 Å². The highest BCUT2D eigenvalue weighted by Gasteiger charge is 2.12. The maximum Gasteiger partial charge on any atom is 0.124 e. The molecule has 5 heteroatoms. The number of benzene rings is 1. The molecule has 0 saturated carbocycles. The summed E-state index contributed by atoms with van der Waals surface area (Å²) in [4.78, 5) is 2.25. The van der Waals surface area contributed by atoms with Gasteiger partial charge in [-0.2, -0.15) is 0 Å². The molecule has 1 aromatic carbocycles. The van der Waals surface area contributed by atoms with Crippen LogP contribution < -0.4 is 12.4 Å². The summed E-state index contributed by atoms with van der Waals surface area (Å²) >= 11 is 5.95. The van der Waals surface area contributed by atoms with Gasteiger partial charge in [0.05, 0.1) is 13.2 Å². The largest absolute Gasteiger partial charge is 1.00 e. The Labute approximate surface area is 106 Å². The van der Waals surface area contributed by atoms with Crippen molar-refractivity contribution in [1.82, 2.24) is 4.90 Å². The molecule has 90 valence electrons. The first-order chi connectivity index (χ1) is 7.25. The van der Waals surface area contributed by atoms with Crippen LogP contribution in [-0.4, -0.2) is 31.2 Å². The van der Waals surface area contributed by atoms with E-state index < -0.39 is 0 Å². The maximum atomic E-state index is 12.8. The quantitative estimate of drug-likeness (QED) is 0.702. The summed E-state index contributed by atoms with van der Waals surface area (Å²) in [6.45, 7) is 4.11. The first-order valence-corrected chi connectivity index (χ1v) is 5.37. The third kappa shape index (κ3) is 3.59. The van der Waals surface area contributed by atoms with Crippen molar-refractivity contribution in [2.75, 3.05) is 26.3 Å². The highest BCUT2D eigenvalue weighted by molar-refractivity contribution is 6.31. The molecule has 2 rings (SSSR count). The Bertz CT molecular complexity index is 343. The van der Waals surface area contributed by atoms with Gasteiger partial charge in [0.15, 0.2) is 0 Å². The lowest BCUT2D eigenvalue weighted by molar-refractivity contribution is -0.00000561. The second-order valence-corrected chi connectivity index (χ2v) is 4.03. The molecule has 1 saturated heterocycles. The summed E-state index contributed by atoms with van der Waals surface area (Å²) in [5.41, 5.74) is 0.972. The summed E-state index contributed by atoms with van der Waals surface area (Å²) in [7, 11) is 0. The zero-order valence-corrected chi connectivity index (χ0v) is 10.3. The lowest BCUT2D eigenvalue weighted by atomic mass is 10.2. The minimum Gasteiger partial charge on any atom is -1.00 e. The fourth-order valence-corrected chi connectivity index (χ4v) is 1.88. The van der Waals surface area contributed by atoms with E-state index in [9.17, 15) is 4.39 Å². The SMILES string of the molecule is Fc1ccc(CN2CCOCC2)c(Cl)c1.[Cl-]. The van der Waals surface area contributed by atoms with Gasteiger partial charge in [0.2, 0.25) is 0 Å². The number of nitrogens with zero attached hydrogens (tertiary/aromatic N) is 1. The minimum absolute atomic E-state index is 0. The summed E-state index contributed by atoms with van der Waals surface area (Å²) in [5, 5.41) is 0.501. The summed E-state index contributed by atoms with van der Waals surface area (Å²) in [6, 6.07) is 4.55. The van der Waals surface area contributed by atoms with Crippen LogP contribution in [-0.2, 0) is 11.3 Å². The fraction of sp³-hybridized carbons (Fsp3) is 0.455. The zero-order chi connectivity index (χ0) is 10.7. The van der Waals surface area contributed by atoms with Gasteiger partial charge in [-0.15, -0.1) is 0 Å². The number of ether oxygens (including phenoxy) is 1. The summed E-state index contributed by atoms with van der Waals surface area (Å²) < 4.78 is 18.1. The molecular weight excluding hydrogens is 252 g/mol. The van der Waals surface area contributed by atoms with Gasteiger partial charge in [-0.3, -0.25) is 4.90 Å². The zero-order valence-electron chi connectivity index (χ0n) is 8.76. The molecule has 1 fully saturated rings. The van der Waals surface area contributed by atoms with Gasteiger partial charge in [0, 0.05) is 24.7 Å². The summed E-state index contributed by atoms with van der Waals surface area (Å²) in [5.74, 6) is -0.286. The lowest BCUT2D eigenvalue weighted by Gasteiger charge is -2.26. The van der Waals surface area contributed by atoms with Gasteiger partial charge in [-0.1, -0.05) is 17.7 Å². The van der Waals surface area contributed by atoms with Crippen molar-refractivity contribution in [2.45, 2.75) is 6.54 Å². The molecule has 0 N–H and O–H groups in total. The van der Waals surface area contributed by atoms with E-state index in [0.29, 0.717) is 5.02 Å². The molecule has 0 radical (unpaired) electrons. The van der Waals surface area contributed by atoms with Crippen LogP contribution in [0.2, 0.25) is 5.02 Å². The van der Waals surface area contributed by atoms with E-state index in [4.69, 9.17) is 16.3 Å². The number of halogens is 3. The summed E-state index contributed by atoms with van der Waals surface area (Å²) in [6.07, 6.45) is 0. The molecule has 16 heavy (non-hydrogen) atoms. The molecule has 0 aromatic heterocycles. The lowest BCUT2D eigenvalue weighted by Crippen LogP contribution is -3.00. The van der Waals surface area contributed by atoms with Gasteiger partial charge >= 0.3 is 0 Å². The van der Waals surface area contributed by atoms with E-state index in [1.54, 1.807) is 6.07 Å². The molecule has 1 aliphatic heterocycles. The second-order valence-electron chi connectivity index (χ2n) is 3.62. The number of hydrogen-bond donors (Lipinski definition) is 0. The Hall–Kier alpha value is -0.350. The normalized spacial score (nSPS) is 16.9. The number of morpholine rings is 1. The topological polar surface area (TPSA) is 12.5 Å². The second kappa shape index (κ2) is 6.40. The van der Waals surface area contributed by atoms with Crippen LogP contribution in [0, 0.1) is 5.82 Å². The average molecular weight is 265 g/mol. The van der Waals surface area contributed by atoms with Gasteiger partial charge in [0.1, 0.15) is 5.82 Å². The van der Waals surface area contributed by atoms with Crippen LogP contribution in [0.15, 0.2) is 18.2 Å². The smallest absolute Gasteiger partial charge is 0.124 e. The molecule has 0 aliphatic carbocycles. The van der Waals surface area contributed by atoms with E-state index >= 15 is 0 Å². The standard InChI is InChI=1S/C11H13ClFNO.ClH/c12-11-7-10(13)2-1-9(11)8-14-3-5-15-6-4-14;/h1-2,7H,3-6,8H2;1H/p-1. The van der Waals surface area contributed by atoms with E-state index in [2.05, 4.69) is 4.90 Å². The van der Waals surface area contributed by atoms with Crippen molar-refractivity contribution in [2.24, 2.45) is 0 Å². The molecule has 2 nitrogen and oxygen atoms in total. The predicted molar refractivity (Wildman–Crippen MR) is 57.5 cm³/mol. The number of hydrogen-bond acceptors (Lipinski definition) is 2. The molecule has 0 spiro atoms. The van der Waals surface area contributed by atoms with Crippen molar-refractivity contribution in [3.05, 3.63) is 34.6 Å². The Morgan fingerprint density at radius 2 is 2.00 bits per heavy atom. The van der Waals surface area contributed by atoms with Gasteiger partial charge in [0.25, 0.3) is 0 Å². The highest BCUT2D eigenvalue weighted by Crippen LogP contribution is 2.19. The van der Waals surface area contributed by atoms with Crippen molar-refractivity contribution in [3.63, 3.8) is 0 Å². The van der Waals surface area contributed by atoms with E-state index in [1.807, 2.05) is 0 Å². The minimum atomic E-state index is -0.286. The fourth-order valence-electron chi connectivity index (χ4n) is 1.65.